The number of nitrogens with two attached hydrogens (primary N) is 1. The Labute approximate surface area is 98.4 Å². The highest BCUT2D eigenvalue weighted by atomic mass is 16.6. The molecule has 0 aromatic rings. The van der Waals surface area contributed by atoms with Gasteiger partial charge in [0.05, 0.1) is 6.04 Å². The molecule has 0 aromatic carbocycles. The van der Waals surface area contributed by atoms with Crippen molar-refractivity contribution in [3.05, 3.63) is 12.2 Å². The number of ether oxygens (including phenoxy) is 1. The molecule has 94 valence electrons. The van der Waals surface area contributed by atoms with Crippen LogP contribution in [0.3, 0.4) is 0 Å². The average Bonchev–Trinajstić information content (AvgIpc) is 2.10. The van der Waals surface area contributed by atoms with Crippen LogP contribution in [0, 0.1) is 0 Å². The van der Waals surface area contributed by atoms with Crippen LogP contribution in [0.4, 0.5) is 4.79 Å². The van der Waals surface area contributed by atoms with E-state index in [1.807, 2.05) is 46.8 Å². The first kappa shape index (κ1) is 15.0. The molecule has 0 heterocycles. The second-order valence-corrected chi connectivity index (χ2v) is 5.08. The molecular weight excluding hydrogens is 204 g/mol. The summed E-state index contributed by atoms with van der Waals surface area (Å²) in [5.74, 6) is 0. The van der Waals surface area contributed by atoms with Gasteiger partial charge >= 0.3 is 6.09 Å². The molecule has 0 aliphatic heterocycles. The van der Waals surface area contributed by atoms with E-state index in [1.54, 1.807) is 11.9 Å². The SMILES string of the molecule is CC(N)/C=C/C(C)N(C)C(=O)OC(C)(C)C. The Kier molecular flexibility index (Phi) is 5.51. The fourth-order valence-electron chi connectivity index (χ4n) is 0.965. The first-order valence-corrected chi connectivity index (χ1v) is 5.53. The Morgan fingerprint density at radius 3 is 2.19 bits per heavy atom. The summed E-state index contributed by atoms with van der Waals surface area (Å²) in [7, 11) is 1.71. The maximum absolute atomic E-state index is 11.7. The van der Waals surface area contributed by atoms with Gasteiger partial charge in [-0.15, -0.1) is 0 Å². The number of nitrogens with zero attached hydrogens (tertiary/aromatic N) is 1. The Balaban J connectivity index is 4.33. The van der Waals surface area contributed by atoms with Crippen molar-refractivity contribution in [1.82, 2.24) is 4.90 Å². The summed E-state index contributed by atoms with van der Waals surface area (Å²) in [5.41, 5.74) is 5.13. The Morgan fingerprint density at radius 2 is 1.81 bits per heavy atom. The molecule has 0 saturated carbocycles. The third-order valence-corrected chi connectivity index (χ3v) is 1.99. The van der Waals surface area contributed by atoms with Crippen LogP contribution in [0.15, 0.2) is 12.2 Å². The van der Waals surface area contributed by atoms with E-state index in [4.69, 9.17) is 10.5 Å². The minimum absolute atomic E-state index is 0.00511. The monoisotopic (exact) mass is 228 g/mol. The molecule has 16 heavy (non-hydrogen) atoms. The van der Waals surface area contributed by atoms with E-state index in [1.165, 1.54) is 0 Å². The molecule has 2 N–H and O–H groups in total. The summed E-state index contributed by atoms with van der Waals surface area (Å²) >= 11 is 0. The topological polar surface area (TPSA) is 55.6 Å². The molecule has 0 saturated heterocycles. The zero-order valence-electron chi connectivity index (χ0n) is 11.2. The van der Waals surface area contributed by atoms with E-state index in [2.05, 4.69) is 0 Å². The lowest BCUT2D eigenvalue weighted by Gasteiger charge is -2.27. The fraction of sp³-hybridized carbons (Fsp3) is 0.750. The molecule has 4 nitrogen and oxygen atoms in total. The lowest BCUT2D eigenvalue weighted by Crippen LogP contribution is -2.38. The van der Waals surface area contributed by atoms with Crippen molar-refractivity contribution in [3.8, 4) is 0 Å². The number of amides is 1. The van der Waals surface area contributed by atoms with Crippen LogP contribution in [0.5, 0.6) is 0 Å². The van der Waals surface area contributed by atoms with Gasteiger partial charge < -0.3 is 15.4 Å². The third kappa shape index (κ3) is 6.45. The summed E-state index contributed by atoms with van der Waals surface area (Å²) < 4.78 is 5.25. The van der Waals surface area contributed by atoms with Crippen molar-refractivity contribution in [2.45, 2.75) is 52.3 Å². The second kappa shape index (κ2) is 5.89. The van der Waals surface area contributed by atoms with Gasteiger partial charge in [0.1, 0.15) is 5.60 Å². The average molecular weight is 228 g/mol. The zero-order chi connectivity index (χ0) is 12.9. The quantitative estimate of drug-likeness (QED) is 0.753. The first-order chi connectivity index (χ1) is 7.13. The molecular formula is C12H24N2O2. The molecule has 0 rings (SSSR count). The molecule has 0 aromatic heterocycles. The molecule has 4 heteroatoms. The predicted octanol–water partition coefficient (Wildman–Crippen LogP) is 2.15. The molecule has 2 unspecified atom stereocenters. The molecule has 0 radical (unpaired) electrons. The number of hydrogen-bond donors (Lipinski definition) is 1. The number of carbonyl (C=O) groups excluding carboxylic acids is 1. The van der Waals surface area contributed by atoms with E-state index in [0.717, 1.165) is 0 Å². The van der Waals surface area contributed by atoms with Gasteiger partial charge in [-0.25, -0.2) is 4.79 Å². The standard InChI is InChI=1S/C12H24N2O2/c1-9(13)7-8-10(2)14(6)11(15)16-12(3,4)5/h7-10H,13H2,1-6H3/b8-7+. The zero-order valence-corrected chi connectivity index (χ0v) is 11.2. The lowest BCUT2D eigenvalue weighted by molar-refractivity contribution is 0.0266. The number of rotatable bonds is 3. The van der Waals surface area contributed by atoms with Crippen molar-refractivity contribution in [3.63, 3.8) is 0 Å². The second-order valence-electron chi connectivity index (χ2n) is 5.08. The summed E-state index contributed by atoms with van der Waals surface area (Å²) in [6.07, 6.45) is 3.44. The number of hydrogen-bond acceptors (Lipinski definition) is 3. The van der Waals surface area contributed by atoms with Gasteiger partial charge in [0.2, 0.25) is 0 Å². The Bertz CT molecular complexity index is 254. The summed E-state index contributed by atoms with van der Waals surface area (Å²) in [4.78, 5) is 13.2. The van der Waals surface area contributed by atoms with Crippen LogP contribution in [0.1, 0.15) is 34.6 Å². The van der Waals surface area contributed by atoms with Gasteiger partial charge in [-0.2, -0.15) is 0 Å². The van der Waals surface area contributed by atoms with Crippen LogP contribution >= 0.6 is 0 Å². The minimum atomic E-state index is -0.462. The molecule has 1 amide bonds. The van der Waals surface area contributed by atoms with Crippen LogP contribution in [-0.2, 0) is 4.74 Å². The smallest absolute Gasteiger partial charge is 0.410 e. The highest BCUT2D eigenvalue weighted by molar-refractivity contribution is 5.68. The third-order valence-electron chi connectivity index (χ3n) is 1.99. The molecule has 0 spiro atoms. The van der Waals surface area contributed by atoms with Crippen LogP contribution in [0.25, 0.3) is 0 Å². The van der Waals surface area contributed by atoms with Gasteiger partial charge in [-0.1, -0.05) is 12.2 Å². The summed E-state index contributed by atoms with van der Waals surface area (Å²) in [5, 5.41) is 0. The minimum Gasteiger partial charge on any atom is -0.444 e. The van der Waals surface area contributed by atoms with Crippen molar-refractivity contribution < 1.29 is 9.53 Å². The largest absolute Gasteiger partial charge is 0.444 e. The maximum Gasteiger partial charge on any atom is 0.410 e. The van der Waals surface area contributed by atoms with E-state index < -0.39 is 5.60 Å². The van der Waals surface area contributed by atoms with Gasteiger partial charge in [0, 0.05) is 13.1 Å². The van der Waals surface area contributed by atoms with Crippen molar-refractivity contribution in [2.24, 2.45) is 5.73 Å². The van der Waals surface area contributed by atoms with E-state index >= 15 is 0 Å². The van der Waals surface area contributed by atoms with Gasteiger partial charge in [0.15, 0.2) is 0 Å². The van der Waals surface area contributed by atoms with Crippen molar-refractivity contribution >= 4 is 6.09 Å². The molecule has 0 aliphatic carbocycles. The Morgan fingerprint density at radius 1 is 1.31 bits per heavy atom. The van der Waals surface area contributed by atoms with Gasteiger partial charge in [-0.3, -0.25) is 0 Å². The van der Waals surface area contributed by atoms with Crippen LogP contribution in [-0.4, -0.2) is 35.7 Å². The van der Waals surface area contributed by atoms with Crippen LogP contribution in [0.2, 0.25) is 0 Å². The highest BCUT2D eigenvalue weighted by Crippen LogP contribution is 2.11. The lowest BCUT2D eigenvalue weighted by atomic mass is 10.2. The number of likely N-dealkylation sites (N-methyl/N-ethyl adjacent to an activating group) is 1. The normalized spacial score (nSPS) is 15.9. The van der Waals surface area contributed by atoms with Crippen molar-refractivity contribution in [2.75, 3.05) is 7.05 Å². The van der Waals surface area contributed by atoms with E-state index in [0.29, 0.717) is 0 Å². The van der Waals surface area contributed by atoms with E-state index in [-0.39, 0.29) is 18.2 Å². The van der Waals surface area contributed by atoms with Crippen LogP contribution < -0.4 is 5.73 Å². The van der Waals surface area contributed by atoms with E-state index in [9.17, 15) is 4.79 Å². The molecule has 0 aliphatic rings. The maximum atomic E-state index is 11.7. The molecule has 0 fully saturated rings. The fourth-order valence-corrected chi connectivity index (χ4v) is 0.965. The molecule has 0 bridgehead atoms. The first-order valence-electron chi connectivity index (χ1n) is 5.53. The summed E-state index contributed by atoms with van der Waals surface area (Å²) in [6.45, 7) is 9.35. The van der Waals surface area contributed by atoms with Gasteiger partial charge in [0.25, 0.3) is 0 Å². The van der Waals surface area contributed by atoms with Gasteiger partial charge in [-0.05, 0) is 34.6 Å². The highest BCUT2D eigenvalue weighted by Gasteiger charge is 2.21. The summed E-state index contributed by atoms with van der Waals surface area (Å²) in [6, 6.07) is -0.0321. The predicted molar refractivity (Wildman–Crippen MR) is 66.2 cm³/mol. The van der Waals surface area contributed by atoms with Crippen molar-refractivity contribution in [1.29, 1.82) is 0 Å². The Hall–Kier alpha value is -1.03. The number of carbonyl (C=O) groups is 1. The molecule has 2 atom stereocenters.